The van der Waals surface area contributed by atoms with Crippen LogP contribution >= 0.6 is 0 Å². The molecule has 1 unspecified atom stereocenters. The summed E-state index contributed by atoms with van der Waals surface area (Å²) < 4.78 is 17.3. The number of likely N-dealkylation sites (tertiary alicyclic amines) is 1. The number of amides is 3. The van der Waals surface area contributed by atoms with Gasteiger partial charge in [-0.15, -0.1) is 0 Å². The van der Waals surface area contributed by atoms with E-state index < -0.39 is 42.8 Å². The third-order valence-corrected chi connectivity index (χ3v) is 4.24. The highest BCUT2D eigenvalue weighted by molar-refractivity contribution is 5.99. The van der Waals surface area contributed by atoms with Gasteiger partial charge in [0.25, 0.3) is 5.91 Å². The summed E-state index contributed by atoms with van der Waals surface area (Å²) in [6.07, 6.45) is 1.07. The quantitative estimate of drug-likeness (QED) is 0.665. The average Bonchev–Trinajstić information content (AvgIpc) is 3.19. The van der Waals surface area contributed by atoms with Crippen LogP contribution in [0, 0.1) is 0 Å². The van der Waals surface area contributed by atoms with Gasteiger partial charge in [0.15, 0.2) is 5.78 Å². The topological polar surface area (TPSA) is 105 Å². The van der Waals surface area contributed by atoms with Gasteiger partial charge in [-0.1, -0.05) is 12.1 Å². The molecule has 9 heteroatoms. The summed E-state index contributed by atoms with van der Waals surface area (Å²) >= 11 is 0. The maximum Gasteiger partial charge on any atom is 0.255 e. The standard InChI is InChI=1S/C18H22FN3O5/c1-27-15-7-3-2-5-13(15)17(25)21-11-16(24)22-8-4-6-14(22)18(26)20-10-12(23)9-19/h2-3,5,7,14H,4,6,8-11H2,1H3,(H,20,26)(H,21,25). The Bertz CT molecular complexity index is 725. The first kappa shape index (κ1) is 20.3. The van der Waals surface area contributed by atoms with Crippen LogP contribution in [0.5, 0.6) is 5.75 Å². The van der Waals surface area contributed by atoms with E-state index in [2.05, 4.69) is 10.6 Å². The number of methoxy groups -OCH3 is 1. The molecule has 0 aliphatic carbocycles. The molecule has 0 saturated carbocycles. The van der Waals surface area contributed by atoms with Crippen LogP contribution in [0.1, 0.15) is 23.2 Å². The first-order chi connectivity index (χ1) is 13.0. The summed E-state index contributed by atoms with van der Waals surface area (Å²) in [4.78, 5) is 49.2. The summed E-state index contributed by atoms with van der Waals surface area (Å²) in [5.41, 5.74) is 0.299. The summed E-state index contributed by atoms with van der Waals surface area (Å²) in [5.74, 6) is -1.72. The summed E-state index contributed by atoms with van der Waals surface area (Å²) in [5, 5.41) is 4.86. The lowest BCUT2D eigenvalue weighted by atomic mass is 10.2. The lowest BCUT2D eigenvalue weighted by Crippen LogP contribution is -2.49. The molecular formula is C18H22FN3O5. The Labute approximate surface area is 156 Å². The Kier molecular flexibility index (Phi) is 7.27. The van der Waals surface area contributed by atoms with Crippen molar-refractivity contribution in [3.8, 4) is 5.75 Å². The van der Waals surface area contributed by atoms with Crippen LogP contribution in [0.15, 0.2) is 24.3 Å². The van der Waals surface area contributed by atoms with Crippen molar-refractivity contribution in [2.24, 2.45) is 0 Å². The van der Waals surface area contributed by atoms with E-state index in [1.54, 1.807) is 24.3 Å². The molecular weight excluding hydrogens is 357 g/mol. The lowest BCUT2D eigenvalue weighted by Gasteiger charge is -2.24. The molecule has 2 rings (SSSR count). The van der Waals surface area contributed by atoms with Crippen molar-refractivity contribution in [1.82, 2.24) is 15.5 Å². The highest BCUT2D eigenvalue weighted by Crippen LogP contribution is 2.18. The number of alkyl halides is 1. The molecule has 27 heavy (non-hydrogen) atoms. The van der Waals surface area contributed by atoms with E-state index in [0.29, 0.717) is 30.7 Å². The van der Waals surface area contributed by atoms with Gasteiger partial charge in [0.05, 0.1) is 25.8 Å². The molecule has 0 spiro atoms. The molecule has 1 saturated heterocycles. The van der Waals surface area contributed by atoms with Crippen molar-refractivity contribution >= 4 is 23.5 Å². The first-order valence-electron chi connectivity index (χ1n) is 8.54. The van der Waals surface area contributed by atoms with Crippen LogP contribution in [0.4, 0.5) is 4.39 Å². The number of hydrogen-bond donors (Lipinski definition) is 2. The second kappa shape index (κ2) is 9.65. The number of Topliss-reactive ketones (excluding diaryl/α,β-unsaturated/α-hetero) is 1. The molecule has 1 atom stereocenters. The van der Waals surface area contributed by atoms with Crippen LogP contribution in [0.3, 0.4) is 0 Å². The number of para-hydroxylation sites is 1. The highest BCUT2D eigenvalue weighted by atomic mass is 19.1. The minimum atomic E-state index is -1.15. The Hall–Kier alpha value is -2.97. The van der Waals surface area contributed by atoms with Gasteiger partial charge in [0.1, 0.15) is 18.5 Å². The number of nitrogens with zero attached hydrogens (tertiary/aromatic N) is 1. The zero-order valence-electron chi connectivity index (χ0n) is 15.0. The highest BCUT2D eigenvalue weighted by Gasteiger charge is 2.34. The SMILES string of the molecule is COc1ccccc1C(=O)NCC(=O)N1CCCC1C(=O)NCC(=O)CF. The number of hydrogen-bond acceptors (Lipinski definition) is 5. The molecule has 2 N–H and O–H groups in total. The average molecular weight is 379 g/mol. The molecule has 8 nitrogen and oxygen atoms in total. The number of benzene rings is 1. The zero-order chi connectivity index (χ0) is 19.8. The predicted octanol–water partition coefficient (Wildman–Crippen LogP) is 0.0708. The second-order valence-corrected chi connectivity index (χ2v) is 6.02. The minimum Gasteiger partial charge on any atom is -0.496 e. The fourth-order valence-electron chi connectivity index (χ4n) is 2.87. The normalized spacial score (nSPS) is 15.9. The third-order valence-electron chi connectivity index (χ3n) is 4.24. The van der Waals surface area contributed by atoms with E-state index in [9.17, 15) is 23.6 Å². The van der Waals surface area contributed by atoms with Gasteiger partial charge in [0, 0.05) is 6.54 Å². The van der Waals surface area contributed by atoms with Crippen LogP contribution < -0.4 is 15.4 Å². The van der Waals surface area contributed by atoms with Crippen LogP contribution in [0.2, 0.25) is 0 Å². The molecule has 1 aromatic carbocycles. The van der Waals surface area contributed by atoms with Gasteiger partial charge in [-0.3, -0.25) is 19.2 Å². The van der Waals surface area contributed by atoms with Crippen molar-refractivity contribution in [2.45, 2.75) is 18.9 Å². The maximum absolute atomic E-state index is 12.4. The van der Waals surface area contributed by atoms with Gasteiger partial charge < -0.3 is 20.3 Å². The fourth-order valence-corrected chi connectivity index (χ4v) is 2.87. The lowest BCUT2D eigenvalue weighted by molar-refractivity contribution is -0.138. The van der Waals surface area contributed by atoms with E-state index >= 15 is 0 Å². The molecule has 1 aliphatic rings. The van der Waals surface area contributed by atoms with Gasteiger partial charge in [-0.05, 0) is 25.0 Å². The number of rotatable bonds is 8. The monoisotopic (exact) mass is 379 g/mol. The summed E-state index contributed by atoms with van der Waals surface area (Å²) in [6, 6.07) is 5.89. The molecule has 1 fully saturated rings. The van der Waals surface area contributed by atoms with E-state index in [1.807, 2.05) is 0 Å². The number of nitrogens with one attached hydrogen (secondary N) is 2. The van der Waals surface area contributed by atoms with E-state index in [-0.39, 0.29) is 6.54 Å². The van der Waals surface area contributed by atoms with Gasteiger partial charge in [-0.25, -0.2) is 4.39 Å². The van der Waals surface area contributed by atoms with Gasteiger partial charge in [0.2, 0.25) is 11.8 Å². The molecule has 0 aromatic heterocycles. The molecule has 0 radical (unpaired) electrons. The maximum atomic E-state index is 12.4. The van der Waals surface area contributed by atoms with Crippen molar-refractivity contribution in [3.05, 3.63) is 29.8 Å². The van der Waals surface area contributed by atoms with Crippen LogP contribution in [-0.2, 0) is 14.4 Å². The van der Waals surface area contributed by atoms with Crippen LogP contribution in [0.25, 0.3) is 0 Å². The largest absolute Gasteiger partial charge is 0.496 e. The predicted molar refractivity (Wildman–Crippen MR) is 94.1 cm³/mol. The second-order valence-electron chi connectivity index (χ2n) is 6.02. The third kappa shape index (κ3) is 5.25. The molecule has 3 amide bonds. The van der Waals surface area contributed by atoms with Crippen molar-refractivity contribution in [3.63, 3.8) is 0 Å². The van der Waals surface area contributed by atoms with E-state index in [1.165, 1.54) is 12.0 Å². The Morgan fingerprint density at radius 1 is 1.19 bits per heavy atom. The summed E-state index contributed by atoms with van der Waals surface area (Å²) in [7, 11) is 1.44. The van der Waals surface area contributed by atoms with Gasteiger partial charge in [-0.2, -0.15) is 0 Å². The molecule has 1 aliphatic heterocycles. The Morgan fingerprint density at radius 3 is 2.63 bits per heavy atom. The minimum absolute atomic E-state index is 0.274. The van der Waals surface area contributed by atoms with E-state index in [4.69, 9.17) is 4.74 Å². The molecule has 1 aromatic rings. The van der Waals surface area contributed by atoms with Crippen molar-refractivity contribution in [1.29, 1.82) is 0 Å². The number of carbonyl (C=O) groups is 4. The smallest absolute Gasteiger partial charge is 0.255 e. The first-order valence-corrected chi connectivity index (χ1v) is 8.54. The van der Waals surface area contributed by atoms with Gasteiger partial charge >= 0.3 is 0 Å². The fraction of sp³-hybridized carbons (Fsp3) is 0.444. The molecule has 0 bridgehead atoms. The van der Waals surface area contributed by atoms with E-state index in [0.717, 1.165) is 0 Å². The Morgan fingerprint density at radius 2 is 1.93 bits per heavy atom. The van der Waals surface area contributed by atoms with Crippen LogP contribution in [-0.4, -0.2) is 67.9 Å². The zero-order valence-corrected chi connectivity index (χ0v) is 15.0. The molecule has 146 valence electrons. The number of carbonyl (C=O) groups excluding carboxylic acids is 4. The van der Waals surface area contributed by atoms with Crippen molar-refractivity contribution < 1.29 is 28.3 Å². The molecule has 1 heterocycles. The Balaban J connectivity index is 1.91. The number of ether oxygens (including phenoxy) is 1. The number of ketones is 1. The van der Waals surface area contributed by atoms with Crippen molar-refractivity contribution in [2.75, 3.05) is 33.4 Å². The summed E-state index contributed by atoms with van der Waals surface area (Å²) in [6.45, 7) is -1.45. The number of halogens is 1.